The standard InChI is InChI=1S/C17H21ClN2O3/c1-11(21)12-6-8-19(10-12)16(22)15-7-9-20(17(15)23)14-4-2-13(18)3-5-14/h2-5,11-12,15,21H,6-10H2,1H3. The predicted molar refractivity (Wildman–Crippen MR) is 88.3 cm³/mol. The fourth-order valence-corrected chi connectivity index (χ4v) is 3.51. The van der Waals surface area contributed by atoms with Gasteiger partial charge >= 0.3 is 0 Å². The number of carbonyl (C=O) groups is 2. The summed E-state index contributed by atoms with van der Waals surface area (Å²) in [7, 11) is 0. The zero-order chi connectivity index (χ0) is 16.6. The molecule has 23 heavy (non-hydrogen) atoms. The van der Waals surface area contributed by atoms with Gasteiger partial charge in [0, 0.05) is 36.3 Å². The van der Waals surface area contributed by atoms with Gasteiger partial charge in [0.1, 0.15) is 5.92 Å². The van der Waals surface area contributed by atoms with Crippen LogP contribution in [0.5, 0.6) is 0 Å². The van der Waals surface area contributed by atoms with Crippen LogP contribution >= 0.6 is 11.6 Å². The molecule has 0 spiro atoms. The van der Waals surface area contributed by atoms with Crippen molar-refractivity contribution in [2.45, 2.75) is 25.9 Å². The van der Waals surface area contributed by atoms with Gasteiger partial charge in [0.15, 0.2) is 0 Å². The molecule has 2 aliphatic rings. The molecule has 3 atom stereocenters. The predicted octanol–water partition coefficient (Wildman–Crippen LogP) is 1.92. The summed E-state index contributed by atoms with van der Waals surface area (Å²) in [4.78, 5) is 28.6. The van der Waals surface area contributed by atoms with Crippen LogP contribution in [-0.4, -0.2) is 47.6 Å². The number of hydrogen-bond donors (Lipinski definition) is 1. The highest BCUT2D eigenvalue weighted by Crippen LogP contribution is 2.29. The largest absolute Gasteiger partial charge is 0.393 e. The third kappa shape index (κ3) is 3.21. The van der Waals surface area contributed by atoms with Crippen molar-refractivity contribution in [1.82, 2.24) is 4.90 Å². The van der Waals surface area contributed by atoms with Crippen LogP contribution in [0.25, 0.3) is 0 Å². The van der Waals surface area contributed by atoms with Crippen molar-refractivity contribution < 1.29 is 14.7 Å². The van der Waals surface area contributed by atoms with Crippen LogP contribution in [0, 0.1) is 11.8 Å². The Morgan fingerprint density at radius 3 is 2.57 bits per heavy atom. The highest BCUT2D eigenvalue weighted by molar-refractivity contribution is 6.30. The Morgan fingerprint density at radius 2 is 1.96 bits per heavy atom. The molecule has 3 unspecified atom stereocenters. The summed E-state index contributed by atoms with van der Waals surface area (Å²) in [5, 5.41) is 10.3. The van der Waals surface area contributed by atoms with Crippen molar-refractivity contribution in [3.8, 4) is 0 Å². The summed E-state index contributed by atoms with van der Waals surface area (Å²) in [5.74, 6) is -0.728. The van der Waals surface area contributed by atoms with Gasteiger partial charge in [0.25, 0.3) is 0 Å². The van der Waals surface area contributed by atoms with E-state index in [4.69, 9.17) is 11.6 Å². The van der Waals surface area contributed by atoms with Gasteiger partial charge in [0.05, 0.1) is 6.10 Å². The fraction of sp³-hybridized carbons (Fsp3) is 0.529. The monoisotopic (exact) mass is 336 g/mol. The number of likely N-dealkylation sites (tertiary alicyclic amines) is 1. The molecular formula is C17H21ClN2O3. The minimum Gasteiger partial charge on any atom is -0.393 e. The number of carbonyl (C=O) groups excluding carboxylic acids is 2. The molecule has 2 aliphatic heterocycles. The zero-order valence-electron chi connectivity index (χ0n) is 13.1. The first-order chi connectivity index (χ1) is 11.0. The van der Waals surface area contributed by atoms with E-state index >= 15 is 0 Å². The number of rotatable bonds is 3. The van der Waals surface area contributed by atoms with Gasteiger partial charge in [-0.15, -0.1) is 0 Å². The minimum absolute atomic E-state index is 0.102. The molecule has 2 heterocycles. The summed E-state index contributed by atoms with van der Waals surface area (Å²) >= 11 is 5.87. The number of aliphatic hydroxyl groups excluding tert-OH is 1. The molecule has 124 valence electrons. The van der Waals surface area contributed by atoms with E-state index in [2.05, 4.69) is 0 Å². The van der Waals surface area contributed by atoms with Gasteiger partial charge in [-0.05, 0) is 44.0 Å². The first-order valence-corrected chi connectivity index (χ1v) is 8.39. The molecule has 3 rings (SSSR count). The average Bonchev–Trinajstić information content (AvgIpc) is 3.15. The molecule has 2 saturated heterocycles. The van der Waals surface area contributed by atoms with Crippen LogP contribution in [0.1, 0.15) is 19.8 Å². The lowest BCUT2D eigenvalue weighted by atomic mass is 10.0. The van der Waals surface area contributed by atoms with E-state index in [9.17, 15) is 14.7 Å². The van der Waals surface area contributed by atoms with Crippen molar-refractivity contribution in [2.75, 3.05) is 24.5 Å². The molecule has 1 aromatic carbocycles. The second kappa shape index (κ2) is 6.49. The molecule has 0 aromatic heterocycles. The van der Waals surface area contributed by atoms with Crippen LogP contribution in [0.3, 0.4) is 0 Å². The molecule has 0 radical (unpaired) electrons. The second-order valence-electron chi connectivity index (χ2n) is 6.38. The molecule has 6 heteroatoms. The summed E-state index contributed by atoms with van der Waals surface area (Å²) in [5.41, 5.74) is 0.776. The third-order valence-corrected chi connectivity index (χ3v) is 5.11. The Labute approximate surface area is 140 Å². The Kier molecular flexibility index (Phi) is 4.60. The van der Waals surface area contributed by atoms with Gasteiger partial charge in [-0.3, -0.25) is 9.59 Å². The Balaban J connectivity index is 1.67. The molecule has 1 aromatic rings. The fourth-order valence-electron chi connectivity index (χ4n) is 3.39. The van der Waals surface area contributed by atoms with Gasteiger partial charge in [-0.1, -0.05) is 11.6 Å². The minimum atomic E-state index is -0.599. The Bertz CT molecular complexity index is 602. The van der Waals surface area contributed by atoms with E-state index in [1.54, 1.807) is 41.0 Å². The summed E-state index contributed by atoms with van der Waals surface area (Å²) in [6, 6.07) is 7.08. The van der Waals surface area contributed by atoms with E-state index in [0.717, 1.165) is 12.1 Å². The maximum Gasteiger partial charge on any atom is 0.239 e. The lowest BCUT2D eigenvalue weighted by Crippen LogP contribution is -2.39. The van der Waals surface area contributed by atoms with E-state index < -0.39 is 12.0 Å². The molecule has 1 N–H and O–H groups in total. The number of nitrogens with zero attached hydrogens (tertiary/aromatic N) is 2. The number of halogens is 1. The maximum absolute atomic E-state index is 12.6. The van der Waals surface area contributed by atoms with Crippen molar-refractivity contribution >= 4 is 29.1 Å². The lowest BCUT2D eigenvalue weighted by Gasteiger charge is -2.21. The second-order valence-corrected chi connectivity index (χ2v) is 6.82. The average molecular weight is 337 g/mol. The quantitative estimate of drug-likeness (QED) is 0.858. The van der Waals surface area contributed by atoms with Gasteiger partial charge in [0.2, 0.25) is 11.8 Å². The van der Waals surface area contributed by atoms with E-state index in [1.165, 1.54) is 0 Å². The summed E-state index contributed by atoms with van der Waals surface area (Å²) in [6.07, 6.45) is 0.916. The topological polar surface area (TPSA) is 60.9 Å². The van der Waals surface area contributed by atoms with Gasteiger partial charge < -0.3 is 14.9 Å². The molecule has 0 saturated carbocycles. The molecule has 2 amide bonds. The smallest absolute Gasteiger partial charge is 0.239 e. The van der Waals surface area contributed by atoms with Crippen molar-refractivity contribution in [2.24, 2.45) is 11.8 Å². The zero-order valence-corrected chi connectivity index (χ0v) is 13.9. The number of hydrogen-bond acceptors (Lipinski definition) is 3. The van der Waals surface area contributed by atoms with Crippen LogP contribution in [-0.2, 0) is 9.59 Å². The van der Waals surface area contributed by atoms with Crippen molar-refractivity contribution in [3.63, 3.8) is 0 Å². The first-order valence-electron chi connectivity index (χ1n) is 8.01. The van der Waals surface area contributed by atoms with Crippen LogP contribution in [0.4, 0.5) is 5.69 Å². The molecule has 0 bridgehead atoms. The Morgan fingerprint density at radius 1 is 1.26 bits per heavy atom. The normalized spacial score (nSPS) is 26.0. The molecular weight excluding hydrogens is 316 g/mol. The van der Waals surface area contributed by atoms with E-state index in [0.29, 0.717) is 31.1 Å². The highest BCUT2D eigenvalue weighted by atomic mass is 35.5. The number of amides is 2. The molecule has 2 fully saturated rings. The summed E-state index contributed by atoms with van der Waals surface area (Å²) < 4.78 is 0. The van der Waals surface area contributed by atoms with Crippen molar-refractivity contribution in [3.05, 3.63) is 29.3 Å². The number of benzene rings is 1. The maximum atomic E-state index is 12.6. The molecule has 0 aliphatic carbocycles. The first kappa shape index (κ1) is 16.3. The third-order valence-electron chi connectivity index (χ3n) is 4.86. The van der Waals surface area contributed by atoms with Crippen LogP contribution < -0.4 is 4.90 Å². The number of aliphatic hydroxyl groups is 1. The summed E-state index contributed by atoms with van der Waals surface area (Å²) in [6.45, 7) is 3.46. The van der Waals surface area contributed by atoms with Gasteiger partial charge in [-0.25, -0.2) is 0 Å². The van der Waals surface area contributed by atoms with E-state index in [-0.39, 0.29) is 17.7 Å². The highest BCUT2D eigenvalue weighted by Gasteiger charge is 2.41. The lowest BCUT2D eigenvalue weighted by molar-refractivity contribution is -0.139. The van der Waals surface area contributed by atoms with Crippen molar-refractivity contribution in [1.29, 1.82) is 0 Å². The van der Waals surface area contributed by atoms with E-state index in [1.807, 2.05) is 0 Å². The van der Waals surface area contributed by atoms with Crippen LogP contribution in [0.15, 0.2) is 24.3 Å². The number of anilines is 1. The SMILES string of the molecule is CC(O)C1CCN(C(=O)C2CCN(c3ccc(Cl)cc3)C2=O)C1. The Hall–Kier alpha value is -1.59. The molecule has 5 nitrogen and oxygen atoms in total. The van der Waals surface area contributed by atoms with Crippen LogP contribution in [0.2, 0.25) is 5.02 Å². The van der Waals surface area contributed by atoms with Gasteiger partial charge in [-0.2, -0.15) is 0 Å².